The summed E-state index contributed by atoms with van der Waals surface area (Å²) in [5.74, 6) is -0.421. The van der Waals surface area contributed by atoms with Crippen molar-refractivity contribution < 1.29 is 9.72 Å². The zero-order chi connectivity index (χ0) is 15.4. The number of nitro groups is 1. The molecule has 2 heterocycles. The first-order valence-electron chi connectivity index (χ1n) is 6.08. The van der Waals surface area contributed by atoms with Crippen molar-refractivity contribution in [3.05, 3.63) is 38.7 Å². The van der Waals surface area contributed by atoms with Crippen LogP contribution in [0.15, 0.2) is 22.9 Å². The molecule has 112 valence electrons. The predicted octanol–water partition coefficient (Wildman–Crippen LogP) is 0.994. The molecule has 9 nitrogen and oxygen atoms in total. The zero-order valence-electron chi connectivity index (χ0n) is 11.2. The van der Waals surface area contributed by atoms with Crippen molar-refractivity contribution in [3.8, 4) is 0 Å². The molecule has 2 rings (SSSR count). The minimum absolute atomic E-state index is 0.162. The number of aryl methyl sites for hydroxylation is 2. The van der Waals surface area contributed by atoms with Gasteiger partial charge >= 0.3 is 5.82 Å². The van der Waals surface area contributed by atoms with E-state index in [9.17, 15) is 14.9 Å². The van der Waals surface area contributed by atoms with Gasteiger partial charge in [0.1, 0.15) is 4.47 Å². The van der Waals surface area contributed by atoms with E-state index in [2.05, 4.69) is 31.4 Å². The van der Waals surface area contributed by atoms with Gasteiger partial charge in [-0.15, -0.1) is 0 Å². The van der Waals surface area contributed by atoms with Crippen molar-refractivity contribution in [1.82, 2.24) is 24.9 Å². The van der Waals surface area contributed by atoms with Gasteiger partial charge in [-0.25, -0.2) is 0 Å². The van der Waals surface area contributed by atoms with Crippen LogP contribution < -0.4 is 5.32 Å². The topological polar surface area (TPSA) is 108 Å². The SMILES string of the molecule is Cn1nccc1CNC(=O)CCn1cc(Br)c([N+](=O)[O-])n1. The van der Waals surface area contributed by atoms with Crippen molar-refractivity contribution in [3.63, 3.8) is 0 Å². The summed E-state index contributed by atoms with van der Waals surface area (Å²) < 4.78 is 3.34. The molecule has 2 aromatic heterocycles. The van der Waals surface area contributed by atoms with E-state index in [0.29, 0.717) is 11.0 Å². The molecular formula is C11H13BrN6O3. The van der Waals surface area contributed by atoms with Crippen LogP contribution in [0.5, 0.6) is 0 Å². The molecule has 0 bridgehead atoms. The molecule has 21 heavy (non-hydrogen) atoms. The molecule has 0 aromatic carbocycles. The van der Waals surface area contributed by atoms with Crippen molar-refractivity contribution >= 4 is 27.7 Å². The number of hydrogen-bond donors (Lipinski definition) is 1. The fraction of sp³-hybridized carbons (Fsp3) is 0.364. The molecule has 1 amide bonds. The van der Waals surface area contributed by atoms with E-state index >= 15 is 0 Å². The van der Waals surface area contributed by atoms with Gasteiger partial charge in [-0.05, 0) is 26.9 Å². The van der Waals surface area contributed by atoms with Crippen LogP contribution in [0.2, 0.25) is 0 Å². The first kappa shape index (κ1) is 15.2. The van der Waals surface area contributed by atoms with Gasteiger partial charge in [-0.2, -0.15) is 9.78 Å². The van der Waals surface area contributed by atoms with E-state index < -0.39 is 4.92 Å². The van der Waals surface area contributed by atoms with E-state index in [1.54, 1.807) is 17.9 Å². The number of aromatic nitrogens is 4. The third-order valence-corrected chi connectivity index (χ3v) is 3.39. The number of carbonyl (C=O) groups excluding carboxylic acids is 1. The van der Waals surface area contributed by atoms with Crippen molar-refractivity contribution in [1.29, 1.82) is 0 Å². The molecular weight excluding hydrogens is 344 g/mol. The number of hydrogen-bond acceptors (Lipinski definition) is 5. The molecule has 0 aliphatic carbocycles. The maximum Gasteiger partial charge on any atom is 0.404 e. The highest BCUT2D eigenvalue weighted by Gasteiger charge is 2.18. The van der Waals surface area contributed by atoms with Crippen molar-refractivity contribution in [2.45, 2.75) is 19.5 Å². The van der Waals surface area contributed by atoms with Gasteiger partial charge in [0, 0.05) is 19.7 Å². The highest BCUT2D eigenvalue weighted by molar-refractivity contribution is 9.10. The number of carbonyl (C=O) groups is 1. The van der Waals surface area contributed by atoms with E-state index in [1.807, 2.05) is 6.07 Å². The second-order valence-electron chi connectivity index (χ2n) is 4.29. The van der Waals surface area contributed by atoms with Gasteiger partial charge < -0.3 is 15.4 Å². The summed E-state index contributed by atoms with van der Waals surface area (Å²) >= 11 is 3.05. The fourth-order valence-corrected chi connectivity index (χ4v) is 2.15. The van der Waals surface area contributed by atoms with Gasteiger partial charge in [-0.1, -0.05) is 0 Å². The standard InChI is InChI=1S/C11H13BrN6O3/c1-16-8(2-4-14-16)6-13-10(19)3-5-17-7-9(12)11(15-17)18(20)21/h2,4,7H,3,5-6H2,1H3,(H,13,19). The molecule has 0 atom stereocenters. The zero-order valence-corrected chi connectivity index (χ0v) is 12.8. The summed E-state index contributed by atoms with van der Waals surface area (Å²) in [5.41, 5.74) is 0.890. The monoisotopic (exact) mass is 356 g/mol. The third-order valence-electron chi connectivity index (χ3n) is 2.83. The molecule has 0 aliphatic heterocycles. The van der Waals surface area contributed by atoms with Crippen LogP contribution in [-0.2, 0) is 24.9 Å². The van der Waals surface area contributed by atoms with Gasteiger partial charge in [0.05, 0.1) is 30.1 Å². The lowest BCUT2D eigenvalue weighted by Crippen LogP contribution is -2.25. The molecule has 0 unspecified atom stereocenters. The summed E-state index contributed by atoms with van der Waals surface area (Å²) in [6, 6.07) is 1.81. The van der Waals surface area contributed by atoms with Crippen LogP contribution in [0, 0.1) is 10.1 Å². The normalized spacial score (nSPS) is 10.6. The van der Waals surface area contributed by atoms with Gasteiger partial charge in [0.25, 0.3) is 0 Å². The summed E-state index contributed by atoms with van der Waals surface area (Å²) in [4.78, 5) is 21.8. The Hall–Kier alpha value is -2.23. The minimum atomic E-state index is -0.580. The summed E-state index contributed by atoms with van der Waals surface area (Å²) in [7, 11) is 1.79. The van der Waals surface area contributed by atoms with Crippen LogP contribution in [0.25, 0.3) is 0 Å². The van der Waals surface area contributed by atoms with Crippen LogP contribution >= 0.6 is 15.9 Å². The van der Waals surface area contributed by atoms with Crippen molar-refractivity contribution in [2.24, 2.45) is 7.05 Å². The Balaban J connectivity index is 1.82. The van der Waals surface area contributed by atoms with Crippen LogP contribution in [0.3, 0.4) is 0 Å². The van der Waals surface area contributed by atoms with Crippen molar-refractivity contribution in [2.75, 3.05) is 0 Å². The smallest absolute Gasteiger partial charge is 0.358 e. The predicted molar refractivity (Wildman–Crippen MR) is 76.3 cm³/mol. The number of halogens is 1. The van der Waals surface area contributed by atoms with E-state index in [0.717, 1.165) is 5.69 Å². The minimum Gasteiger partial charge on any atom is -0.358 e. The lowest BCUT2D eigenvalue weighted by Gasteiger charge is -2.04. The Morgan fingerprint density at radius 1 is 1.57 bits per heavy atom. The number of rotatable bonds is 6. The molecule has 0 radical (unpaired) electrons. The van der Waals surface area contributed by atoms with Gasteiger partial charge in [0.2, 0.25) is 5.91 Å². The second kappa shape index (κ2) is 6.48. The maximum atomic E-state index is 11.7. The Morgan fingerprint density at radius 3 is 2.90 bits per heavy atom. The molecule has 0 aliphatic rings. The summed E-state index contributed by atoms with van der Waals surface area (Å²) in [6.07, 6.45) is 3.32. The van der Waals surface area contributed by atoms with Crippen LogP contribution in [-0.4, -0.2) is 30.4 Å². The summed E-state index contributed by atoms with van der Waals surface area (Å²) in [6.45, 7) is 0.655. The largest absolute Gasteiger partial charge is 0.404 e. The second-order valence-corrected chi connectivity index (χ2v) is 5.15. The Bertz CT molecular complexity index is 665. The van der Waals surface area contributed by atoms with E-state index in [-0.39, 0.29) is 24.7 Å². The first-order valence-corrected chi connectivity index (χ1v) is 6.87. The molecule has 0 saturated heterocycles. The van der Waals surface area contributed by atoms with E-state index in [1.165, 1.54) is 10.9 Å². The fourth-order valence-electron chi connectivity index (χ4n) is 1.69. The highest BCUT2D eigenvalue weighted by atomic mass is 79.9. The van der Waals surface area contributed by atoms with Crippen LogP contribution in [0.1, 0.15) is 12.1 Å². The molecule has 0 saturated carbocycles. The quantitative estimate of drug-likeness (QED) is 0.613. The molecule has 10 heteroatoms. The Kier molecular flexibility index (Phi) is 4.68. The maximum absolute atomic E-state index is 11.7. The Morgan fingerprint density at radius 2 is 2.33 bits per heavy atom. The molecule has 0 spiro atoms. The lowest BCUT2D eigenvalue weighted by molar-refractivity contribution is -0.390. The first-order chi connectivity index (χ1) is 9.97. The third kappa shape index (κ3) is 3.88. The van der Waals surface area contributed by atoms with Gasteiger partial charge in [0.15, 0.2) is 0 Å². The summed E-state index contributed by atoms with van der Waals surface area (Å²) in [5, 5.41) is 21.2. The molecule has 0 fully saturated rings. The average Bonchev–Trinajstić information content (AvgIpc) is 3.00. The average molecular weight is 357 g/mol. The number of amides is 1. The number of nitrogens with one attached hydrogen (secondary N) is 1. The molecule has 1 N–H and O–H groups in total. The van der Waals surface area contributed by atoms with Crippen LogP contribution in [0.4, 0.5) is 5.82 Å². The van der Waals surface area contributed by atoms with Gasteiger partial charge in [-0.3, -0.25) is 9.48 Å². The Labute approximate surface area is 128 Å². The lowest BCUT2D eigenvalue weighted by atomic mass is 10.3. The highest BCUT2D eigenvalue weighted by Crippen LogP contribution is 2.21. The molecule has 2 aromatic rings. The van der Waals surface area contributed by atoms with E-state index in [4.69, 9.17) is 0 Å². The number of nitrogens with zero attached hydrogens (tertiary/aromatic N) is 5.